The Kier molecular flexibility index (Phi) is 7.56. The van der Waals surface area contributed by atoms with E-state index in [1.165, 1.54) is 70.2 Å². The zero-order valence-corrected chi connectivity index (χ0v) is 29.6. The second kappa shape index (κ2) is 12.4. The molecule has 0 fully saturated rings. The molecule has 1 nitrogen and oxygen atoms in total. The zero-order valence-electron chi connectivity index (χ0n) is 28.8. The number of allylic oxidation sites excluding steroid dienone is 2. The highest BCUT2D eigenvalue weighted by Gasteiger charge is 2.46. The summed E-state index contributed by atoms with van der Waals surface area (Å²) in [5.41, 5.74) is 14.1. The van der Waals surface area contributed by atoms with Gasteiger partial charge in [-0.25, -0.2) is 0 Å². The lowest BCUT2D eigenvalue weighted by Crippen LogP contribution is -2.29. The van der Waals surface area contributed by atoms with Crippen molar-refractivity contribution in [3.63, 3.8) is 0 Å². The second-order valence-electron chi connectivity index (χ2n) is 13.4. The number of benzene rings is 7. The number of hydrogen-bond acceptors (Lipinski definition) is 2. The number of rotatable bonds is 7. The van der Waals surface area contributed by atoms with Gasteiger partial charge in [0.05, 0.1) is 5.41 Å². The minimum Gasteiger partial charge on any atom is -0.315 e. The molecule has 8 aromatic rings. The molecule has 51 heavy (non-hydrogen) atoms. The summed E-state index contributed by atoms with van der Waals surface area (Å²) < 4.78 is 2.57. The van der Waals surface area contributed by atoms with Crippen LogP contribution in [-0.2, 0) is 5.41 Å². The van der Waals surface area contributed by atoms with Crippen LogP contribution in [0.2, 0.25) is 0 Å². The van der Waals surface area contributed by atoms with E-state index in [0.29, 0.717) is 0 Å². The second-order valence-corrected chi connectivity index (χ2v) is 14.5. The normalized spacial score (nSPS) is 14.9. The third-order valence-electron chi connectivity index (χ3n) is 10.4. The third kappa shape index (κ3) is 4.98. The van der Waals surface area contributed by atoms with Crippen LogP contribution < -0.4 is 4.90 Å². The summed E-state index contributed by atoms with van der Waals surface area (Å²) in [4.78, 5) is 2.30. The van der Waals surface area contributed by atoms with Crippen LogP contribution in [-0.4, -0.2) is 0 Å². The van der Waals surface area contributed by atoms with E-state index < -0.39 is 5.41 Å². The monoisotopic (exact) mass is 671 g/mol. The first-order valence-corrected chi connectivity index (χ1v) is 18.4. The van der Waals surface area contributed by atoms with Crippen molar-refractivity contribution in [2.24, 2.45) is 0 Å². The van der Waals surface area contributed by atoms with E-state index in [1.54, 1.807) is 0 Å². The molecule has 0 radical (unpaired) electrons. The van der Waals surface area contributed by atoms with E-state index in [1.807, 2.05) is 11.3 Å². The predicted molar refractivity (Wildman–Crippen MR) is 220 cm³/mol. The molecule has 1 aromatic heterocycles. The molecule has 0 amide bonds. The number of thiophene rings is 1. The molecule has 7 aromatic carbocycles. The van der Waals surface area contributed by atoms with Crippen molar-refractivity contribution in [2.45, 2.75) is 19.3 Å². The van der Waals surface area contributed by atoms with Gasteiger partial charge in [-0.2, -0.15) is 0 Å². The number of fused-ring (bicyclic) bond motifs is 6. The Bertz CT molecular complexity index is 2630. The molecule has 9 rings (SSSR count). The summed E-state index contributed by atoms with van der Waals surface area (Å²) in [5.74, 6) is 0. The zero-order chi connectivity index (χ0) is 34.5. The summed E-state index contributed by atoms with van der Waals surface area (Å²) in [6.07, 6.45) is 4.32. The fraction of sp³-hybridized carbons (Fsp3) is 0.0612. The molecule has 1 atom stereocenters. The highest BCUT2D eigenvalue weighted by atomic mass is 32.1. The van der Waals surface area contributed by atoms with Crippen LogP contribution >= 0.6 is 11.3 Å². The highest BCUT2D eigenvalue weighted by molar-refractivity contribution is 7.25. The number of anilines is 2. The lowest BCUT2D eigenvalue weighted by Gasteiger charge is -2.35. The van der Waals surface area contributed by atoms with Gasteiger partial charge >= 0.3 is 0 Å². The minimum absolute atomic E-state index is 0.493. The summed E-state index contributed by atoms with van der Waals surface area (Å²) in [6.45, 7) is 8.69. The Morgan fingerprint density at radius 1 is 0.569 bits per heavy atom. The Morgan fingerprint density at radius 2 is 1.24 bits per heavy atom. The Morgan fingerprint density at radius 3 is 2.02 bits per heavy atom. The topological polar surface area (TPSA) is 3.24 Å². The van der Waals surface area contributed by atoms with Crippen molar-refractivity contribution in [1.82, 2.24) is 0 Å². The van der Waals surface area contributed by atoms with Gasteiger partial charge in [-0.15, -0.1) is 11.3 Å². The molecule has 0 aliphatic heterocycles. The van der Waals surface area contributed by atoms with E-state index >= 15 is 0 Å². The Balaban J connectivity index is 1.21. The molecule has 0 spiro atoms. The van der Waals surface area contributed by atoms with Crippen molar-refractivity contribution in [3.05, 3.63) is 210 Å². The first-order valence-electron chi connectivity index (χ1n) is 17.6. The minimum atomic E-state index is -0.493. The molecule has 0 saturated heterocycles. The fourth-order valence-corrected chi connectivity index (χ4v) is 9.43. The standard InChI is InChI=1S/C49H37NS/c1-4-14-34-23-26-42-41-21-11-12-22-45(41)49(46(42)29-34,37-17-9-6-10-18-37)38-19-13-20-39(31-38)50(33(2)3)40-25-28-44-43-27-24-36(35-15-7-5-8-16-35)30-47(43)51-48(44)32-40/h4-32H,2H2,1,3H3/b14-4-. The van der Waals surface area contributed by atoms with Gasteiger partial charge in [-0.1, -0.05) is 146 Å². The molecule has 1 heterocycles. The van der Waals surface area contributed by atoms with Crippen molar-refractivity contribution >= 4 is 49.0 Å². The lowest BCUT2D eigenvalue weighted by molar-refractivity contribution is 0.768. The Labute approximate surface area is 304 Å². The van der Waals surface area contributed by atoms with Gasteiger partial charge in [0.2, 0.25) is 0 Å². The van der Waals surface area contributed by atoms with Gasteiger partial charge in [0.1, 0.15) is 0 Å². The van der Waals surface area contributed by atoms with Gasteiger partial charge in [0.15, 0.2) is 0 Å². The fourth-order valence-electron chi connectivity index (χ4n) is 8.25. The molecule has 0 saturated carbocycles. The van der Waals surface area contributed by atoms with Crippen LogP contribution in [0.1, 0.15) is 41.7 Å². The summed E-state index contributed by atoms with van der Waals surface area (Å²) >= 11 is 1.86. The maximum Gasteiger partial charge on any atom is 0.0714 e. The average Bonchev–Trinajstić information content (AvgIpc) is 3.68. The molecule has 244 valence electrons. The van der Waals surface area contributed by atoms with E-state index in [4.69, 9.17) is 0 Å². The third-order valence-corrected chi connectivity index (χ3v) is 11.5. The first-order chi connectivity index (χ1) is 25.1. The predicted octanol–water partition coefficient (Wildman–Crippen LogP) is 13.8. The SMILES string of the molecule is C=C(C)N(c1cccc(C2(c3ccccc3)c3ccccc3-c3ccc(/C=C\C)cc32)c1)c1ccc2c(c1)sc1cc(-c3ccccc3)ccc12. The largest absolute Gasteiger partial charge is 0.315 e. The van der Waals surface area contributed by atoms with E-state index in [0.717, 1.165) is 17.1 Å². The van der Waals surface area contributed by atoms with Gasteiger partial charge in [-0.3, -0.25) is 0 Å². The van der Waals surface area contributed by atoms with Crippen LogP contribution in [0.4, 0.5) is 11.4 Å². The molecular formula is C49H37NS. The summed E-state index contributed by atoms with van der Waals surface area (Å²) in [5, 5.41) is 2.58. The molecule has 1 aliphatic rings. The van der Waals surface area contributed by atoms with E-state index in [9.17, 15) is 0 Å². The van der Waals surface area contributed by atoms with Gasteiger partial charge in [-0.05, 0) is 100 Å². The van der Waals surface area contributed by atoms with E-state index in [-0.39, 0.29) is 0 Å². The van der Waals surface area contributed by atoms with Gasteiger partial charge < -0.3 is 4.90 Å². The highest BCUT2D eigenvalue weighted by Crippen LogP contribution is 2.57. The molecule has 1 aliphatic carbocycles. The van der Waals surface area contributed by atoms with Crippen molar-refractivity contribution in [3.8, 4) is 22.3 Å². The molecule has 0 bridgehead atoms. The first kappa shape index (κ1) is 31.1. The van der Waals surface area contributed by atoms with Crippen LogP contribution in [0, 0.1) is 0 Å². The van der Waals surface area contributed by atoms with Crippen molar-refractivity contribution in [1.29, 1.82) is 0 Å². The maximum absolute atomic E-state index is 4.50. The summed E-state index contributed by atoms with van der Waals surface area (Å²) in [6, 6.07) is 60.4. The van der Waals surface area contributed by atoms with Crippen molar-refractivity contribution in [2.75, 3.05) is 4.90 Å². The molecule has 0 N–H and O–H groups in total. The maximum atomic E-state index is 4.50. The molecular weight excluding hydrogens is 635 g/mol. The van der Waals surface area contributed by atoms with Crippen LogP contribution in [0.5, 0.6) is 0 Å². The molecule has 2 heteroatoms. The van der Waals surface area contributed by atoms with Gasteiger partial charge in [0, 0.05) is 37.2 Å². The van der Waals surface area contributed by atoms with Crippen LogP contribution in [0.3, 0.4) is 0 Å². The van der Waals surface area contributed by atoms with Crippen molar-refractivity contribution < 1.29 is 0 Å². The molecule has 1 unspecified atom stereocenters. The van der Waals surface area contributed by atoms with Crippen LogP contribution in [0.15, 0.2) is 182 Å². The average molecular weight is 672 g/mol. The number of hydrogen-bond donors (Lipinski definition) is 0. The van der Waals surface area contributed by atoms with Gasteiger partial charge in [0.25, 0.3) is 0 Å². The van der Waals surface area contributed by atoms with E-state index in [2.05, 4.69) is 201 Å². The number of nitrogens with zero attached hydrogens (tertiary/aromatic N) is 1. The summed E-state index contributed by atoms with van der Waals surface area (Å²) in [7, 11) is 0. The van der Waals surface area contributed by atoms with Crippen LogP contribution in [0.25, 0.3) is 48.5 Å². The quantitative estimate of drug-likeness (QED) is 0.163. The Hall–Kier alpha value is -5.96. The lowest BCUT2D eigenvalue weighted by atomic mass is 9.67. The smallest absolute Gasteiger partial charge is 0.0714 e.